The number of nitrogens with zero attached hydrogens (tertiary/aromatic N) is 1. The lowest BCUT2D eigenvalue weighted by molar-refractivity contribution is 0.336. The number of hydrogen-bond acceptors (Lipinski definition) is 2. The summed E-state index contributed by atoms with van der Waals surface area (Å²) in [6.45, 7) is 3.37. The molecule has 5 heteroatoms. The van der Waals surface area contributed by atoms with Gasteiger partial charge in [-0.2, -0.15) is 0 Å². The fourth-order valence-electron chi connectivity index (χ4n) is 1.62. The molecule has 0 aliphatic heterocycles. The quantitative estimate of drug-likeness (QED) is 0.851. The highest BCUT2D eigenvalue weighted by Crippen LogP contribution is 2.34. The average Bonchev–Trinajstić information content (AvgIpc) is 2.84. The molecule has 0 fully saturated rings. The van der Waals surface area contributed by atoms with Gasteiger partial charge in [-0.1, -0.05) is 0 Å². The summed E-state index contributed by atoms with van der Waals surface area (Å²) in [5, 5.41) is 0. The first kappa shape index (κ1) is 13.5. The van der Waals surface area contributed by atoms with Crippen molar-refractivity contribution in [2.45, 2.75) is 13.5 Å². The molecule has 0 aliphatic carbocycles. The second-order valence-corrected chi connectivity index (χ2v) is 5.46. The van der Waals surface area contributed by atoms with Crippen LogP contribution in [0.4, 0.5) is 0 Å². The summed E-state index contributed by atoms with van der Waals surface area (Å²) in [7, 11) is 0. The molecule has 0 spiro atoms. The molecule has 0 bridgehead atoms. The molecule has 1 heterocycles. The van der Waals surface area contributed by atoms with E-state index in [1.807, 2.05) is 36.1 Å². The molecule has 0 atom stereocenters. The number of halogens is 2. The second kappa shape index (κ2) is 6.29. The molecule has 0 amide bonds. The van der Waals surface area contributed by atoms with Crippen molar-refractivity contribution in [3.8, 4) is 5.75 Å². The smallest absolute Gasteiger partial charge is 0.147 e. The lowest BCUT2D eigenvalue weighted by Crippen LogP contribution is -2.11. The molecule has 0 radical (unpaired) electrons. The van der Waals surface area contributed by atoms with Crippen LogP contribution >= 0.6 is 31.9 Å². The first-order valence-corrected chi connectivity index (χ1v) is 7.27. The van der Waals surface area contributed by atoms with Gasteiger partial charge in [0.1, 0.15) is 5.75 Å². The zero-order valence-corrected chi connectivity index (χ0v) is 13.2. The highest BCUT2D eigenvalue weighted by Gasteiger charge is 2.08. The van der Waals surface area contributed by atoms with Crippen molar-refractivity contribution in [1.82, 2.24) is 4.68 Å². The van der Waals surface area contributed by atoms with Gasteiger partial charge in [-0.05, 0) is 68.6 Å². The van der Waals surface area contributed by atoms with Gasteiger partial charge < -0.3 is 10.2 Å². The summed E-state index contributed by atoms with van der Waals surface area (Å²) in [6, 6.07) is 8.09. The van der Waals surface area contributed by atoms with Crippen LogP contribution in [0.2, 0.25) is 0 Å². The third-order valence-corrected chi connectivity index (χ3v) is 3.60. The summed E-state index contributed by atoms with van der Waals surface area (Å²) in [5.74, 6) is 0.849. The second-order valence-electron chi connectivity index (χ2n) is 3.75. The molecular weight excluding hydrogens is 360 g/mol. The minimum atomic E-state index is 0.651. The van der Waals surface area contributed by atoms with E-state index in [0.717, 1.165) is 21.2 Å². The largest absolute Gasteiger partial charge is 0.492 e. The number of hydrogen-bond donors (Lipinski definition) is 1. The van der Waals surface area contributed by atoms with Gasteiger partial charge in [0.05, 0.1) is 22.1 Å². The van der Waals surface area contributed by atoms with Crippen LogP contribution in [0, 0.1) is 0 Å². The molecular formula is C13H14Br2N2O. The van der Waals surface area contributed by atoms with Crippen molar-refractivity contribution in [3.05, 3.63) is 51.2 Å². The van der Waals surface area contributed by atoms with E-state index in [0.29, 0.717) is 6.61 Å². The van der Waals surface area contributed by atoms with Crippen molar-refractivity contribution in [1.29, 1.82) is 0 Å². The molecule has 1 aromatic heterocycles. The van der Waals surface area contributed by atoms with Crippen LogP contribution in [-0.4, -0.2) is 11.3 Å². The SMILES string of the molecule is CCOc1c(Br)cc(CNn2cccc2)cc1Br. The number of aromatic nitrogens is 1. The molecule has 0 unspecified atom stereocenters. The van der Waals surface area contributed by atoms with Gasteiger partial charge in [-0.15, -0.1) is 0 Å². The van der Waals surface area contributed by atoms with E-state index < -0.39 is 0 Å². The van der Waals surface area contributed by atoms with Gasteiger partial charge in [-0.3, -0.25) is 4.68 Å². The zero-order valence-electron chi connectivity index (χ0n) is 9.99. The number of benzene rings is 1. The van der Waals surface area contributed by atoms with Crippen LogP contribution < -0.4 is 10.2 Å². The van der Waals surface area contributed by atoms with E-state index in [1.54, 1.807) is 0 Å². The summed E-state index contributed by atoms with van der Waals surface area (Å²) < 4.78 is 9.40. The van der Waals surface area contributed by atoms with Crippen LogP contribution in [-0.2, 0) is 6.54 Å². The molecule has 0 saturated heterocycles. The van der Waals surface area contributed by atoms with Gasteiger partial charge in [0.25, 0.3) is 0 Å². The Hall–Kier alpha value is -0.940. The number of nitrogens with one attached hydrogen (secondary N) is 1. The van der Waals surface area contributed by atoms with Crippen LogP contribution in [0.1, 0.15) is 12.5 Å². The summed E-state index contributed by atoms with van der Waals surface area (Å²) in [4.78, 5) is 0. The Morgan fingerprint density at radius 1 is 1.17 bits per heavy atom. The Morgan fingerprint density at radius 2 is 1.78 bits per heavy atom. The summed E-state index contributed by atoms with van der Waals surface area (Å²) in [6.07, 6.45) is 3.94. The third kappa shape index (κ3) is 3.29. The predicted octanol–water partition coefficient (Wildman–Crippen LogP) is 4.16. The Balaban J connectivity index is 2.10. The fraction of sp³-hybridized carbons (Fsp3) is 0.231. The maximum Gasteiger partial charge on any atom is 0.147 e. The average molecular weight is 374 g/mol. The van der Waals surface area contributed by atoms with Gasteiger partial charge in [0.2, 0.25) is 0 Å². The maximum absolute atomic E-state index is 5.55. The van der Waals surface area contributed by atoms with Gasteiger partial charge >= 0.3 is 0 Å². The Bertz CT molecular complexity index is 489. The maximum atomic E-state index is 5.55. The first-order chi connectivity index (χ1) is 8.70. The van der Waals surface area contributed by atoms with E-state index in [4.69, 9.17) is 4.74 Å². The monoisotopic (exact) mass is 372 g/mol. The fourth-order valence-corrected chi connectivity index (χ4v) is 3.13. The zero-order chi connectivity index (χ0) is 13.0. The van der Waals surface area contributed by atoms with Crippen LogP contribution in [0.15, 0.2) is 45.6 Å². The van der Waals surface area contributed by atoms with Crippen LogP contribution in [0.25, 0.3) is 0 Å². The molecule has 1 aromatic carbocycles. The van der Waals surface area contributed by atoms with Gasteiger partial charge in [-0.25, -0.2) is 0 Å². The predicted molar refractivity (Wildman–Crippen MR) is 80.5 cm³/mol. The number of ether oxygens (including phenoxy) is 1. The Kier molecular flexibility index (Phi) is 4.72. The molecule has 0 aliphatic rings. The van der Waals surface area contributed by atoms with Gasteiger partial charge in [0, 0.05) is 12.4 Å². The molecule has 18 heavy (non-hydrogen) atoms. The molecule has 2 aromatic rings. The Labute approximate surface area is 123 Å². The molecule has 96 valence electrons. The lowest BCUT2D eigenvalue weighted by atomic mass is 10.2. The van der Waals surface area contributed by atoms with Crippen molar-refractivity contribution in [3.63, 3.8) is 0 Å². The summed E-state index contributed by atoms with van der Waals surface area (Å²) >= 11 is 7.06. The van der Waals surface area contributed by atoms with Crippen molar-refractivity contribution in [2.24, 2.45) is 0 Å². The van der Waals surface area contributed by atoms with E-state index in [1.165, 1.54) is 5.56 Å². The van der Waals surface area contributed by atoms with Crippen molar-refractivity contribution >= 4 is 31.9 Å². The lowest BCUT2D eigenvalue weighted by Gasteiger charge is -2.12. The molecule has 2 rings (SSSR count). The molecule has 0 saturated carbocycles. The van der Waals surface area contributed by atoms with E-state index >= 15 is 0 Å². The highest BCUT2D eigenvalue weighted by atomic mass is 79.9. The van der Waals surface area contributed by atoms with E-state index in [2.05, 4.69) is 49.4 Å². The van der Waals surface area contributed by atoms with Crippen molar-refractivity contribution < 1.29 is 4.74 Å². The summed E-state index contributed by atoms with van der Waals surface area (Å²) in [5.41, 5.74) is 4.45. The third-order valence-electron chi connectivity index (χ3n) is 2.42. The highest BCUT2D eigenvalue weighted by molar-refractivity contribution is 9.11. The normalized spacial score (nSPS) is 10.4. The van der Waals surface area contributed by atoms with Crippen LogP contribution in [0.3, 0.4) is 0 Å². The minimum Gasteiger partial charge on any atom is -0.492 e. The van der Waals surface area contributed by atoms with Crippen molar-refractivity contribution in [2.75, 3.05) is 12.0 Å². The molecule has 3 nitrogen and oxygen atoms in total. The number of rotatable bonds is 5. The van der Waals surface area contributed by atoms with Gasteiger partial charge in [0.15, 0.2) is 0 Å². The topological polar surface area (TPSA) is 26.2 Å². The van der Waals surface area contributed by atoms with Crippen LogP contribution in [0.5, 0.6) is 5.75 Å². The van der Waals surface area contributed by atoms with E-state index in [9.17, 15) is 0 Å². The molecule has 1 N–H and O–H groups in total. The van der Waals surface area contributed by atoms with E-state index in [-0.39, 0.29) is 0 Å². The standard InChI is InChI=1S/C13H14Br2N2O/c1-2-18-13-11(14)7-10(8-12(13)15)9-16-17-5-3-4-6-17/h3-8,16H,2,9H2,1H3. The minimum absolute atomic E-state index is 0.651. The Morgan fingerprint density at radius 3 is 2.33 bits per heavy atom. The first-order valence-electron chi connectivity index (χ1n) is 5.68.